The second-order valence-corrected chi connectivity index (χ2v) is 23.2. The molecule has 0 aliphatic rings. The summed E-state index contributed by atoms with van der Waals surface area (Å²) in [5.41, 5.74) is 0. The molecule has 0 aromatic carbocycles. The van der Waals surface area contributed by atoms with Gasteiger partial charge in [-0.25, -0.2) is 0 Å². The van der Waals surface area contributed by atoms with Crippen LogP contribution in [0.2, 0.25) is 0 Å². The van der Waals surface area contributed by atoms with Gasteiger partial charge in [-0.1, -0.05) is 327 Å². The molecule has 0 radical (unpaired) electrons. The molecule has 2 atom stereocenters. The lowest BCUT2D eigenvalue weighted by atomic mass is 10.0. The van der Waals surface area contributed by atoms with Crippen molar-refractivity contribution >= 4 is 11.9 Å². The third-order valence-electron chi connectivity index (χ3n) is 15.7. The number of allylic oxidation sites excluding steroid dienone is 3. The lowest BCUT2D eigenvalue weighted by Crippen LogP contribution is -2.45. The van der Waals surface area contributed by atoms with E-state index in [9.17, 15) is 19.8 Å². The predicted octanol–water partition coefficient (Wildman–Crippen LogP) is 21.4. The molecule has 2 unspecified atom stereocenters. The minimum absolute atomic E-state index is 0.0170. The van der Waals surface area contributed by atoms with Crippen molar-refractivity contribution in [2.24, 2.45) is 0 Å². The molecule has 0 aliphatic carbocycles. The highest BCUT2D eigenvalue weighted by Crippen LogP contribution is 2.18. The molecule has 3 N–H and O–H groups in total. The Labute approximate surface area is 462 Å². The lowest BCUT2D eigenvalue weighted by Gasteiger charge is -2.20. The van der Waals surface area contributed by atoms with Crippen molar-refractivity contribution in [1.82, 2.24) is 5.32 Å². The Balaban J connectivity index is 3.40. The summed E-state index contributed by atoms with van der Waals surface area (Å²) in [5, 5.41) is 23.2. The van der Waals surface area contributed by atoms with Gasteiger partial charge in [0.1, 0.15) is 0 Å². The molecule has 0 fully saturated rings. The molecule has 0 saturated heterocycles. The maximum Gasteiger partial charge on any atom is 0.305 e. The van der Waals surface area contributed by atoms with E-state index in [1.807, 2.05) is 6.08 Å². The van der Waals surface area contributed by atoms with E-state index in [0.717, 1.165) is 38.5 Å². The average Bonchev–Trinajstić information content (AvgIpc) is 3.40. The Bertz CT molecular complexity index is 1150. The average molecular weight is 1040 g/mol. The molecule has 6 nitrogen and oxygen atoms in total. The third-order valence-corrected chi connectivity index (χ3v) is 15.7. The van der Waals surface area contributed by atoms with Gasteiger partial charge in [-0.15, -0.1) is 0 Å². The molecule has 0 rings (SSSR count). The van der Waals surface area contributed by atoms with Crippen molar-refractivity contribution in [2.45, 2.75) is 386 Å². The van der Waals surface area contributed by atoms with E-state index in [1.54, 1.807) is 6.08 Å². The van der Waals surface area contributed by atoms with E-state index in [1.165, 1.54) is 308 Å². The van der Waals surface area contributed by atoms with Gasteiger partial charge in [0.05, 0.1) is 25.4 Å². The zero-order chi connectivity index (χ0) is 53.6. The van der Waals surface area contributed by atoms with E-state index in [0.29, 0.717) is 19.4 Å². The molecule has 0 aromatic rings. The molecule has 0 aliphatic heterocycles. The van der Waals surface area contributed by atoms with Gasteiger partial charge in [0, 0.05) is 12.8 Å². The molecule has 0 spiro atoms. The fraction of sp³-hybridized carbons (Fsp3) is 0.912. The zero-order valence-electron chi connectivity index (χ0n) is 50.1. The quantitative estimate of drug-likeness (QED) is 0.0320. The van der Waals surface area contributed by atoms with Gasteiger partial charge in [0.15, 0.2) is 0 Å². The predicted molar refractivity (Wildman–Crippen MR) is 324 cm³/mol. The molecule has 6 heteroatoms. The second-order valence-electron chi connectivity index (χ2n) is 23.2. The molecular weight excluding hydrogens is 911 g/mol. The van der Waals surface area contributed by atoms with Crippen LogP contribution in [-0.4, -0.2) is 47.4 Å². The Kier molecular flexibility index (Phi) is 62.4. The van der Waals surface area contributed by atoms with Crippen LogP contribution >= 0.6 is 0 Å². The first kappa shape index (κ1) is 72.3. The monoisotopic (exact) mass is 1040 g/mol. The van der Waals surface area contributed by atoms with Crippen molar-refractivity contribution in [3.8, 4) is 0 Å². The fourth-order valence-electron chi connectivity index (χ4n) is 10.6. The van der Waals surface area contributed by atoms with Crippen molar-refractivity contribution in [2.75, 3.05) is 13.2 Å². The van der Waals surface area contributed by atoms with Crippen molar-refractivity contribution in [3.63, 3.8) is 0 Å². The summed E-state index contributed by atoms with van der Waals surface area (Å²) in [7, 11) is 0. The van der Waals surface area contributed by atoms with Crippen LogP contribution in [0.4, 0.5) is 0 Å². The summed E-state index contributed by atoms with van der Waals surface area (Å²) in [6.45, 7) is 4.94. The first-order chi connectivity index (χ1) is 36.5. The highest BCUT2D eigenvalue weighted by atomic mass is 16.5. The largest absolute Gasteiger partial charge is 0.466 e. The third kappa shape index (κ3) is 59.6. The molecule has 0 saturated carbocycles. The SMILES string of the molecule is CCCCCCCCCCCCCCCC/C=C/C(O)C(CO)NC(=O)CCCCCCCCCCC/C=C\CCCCCCCCCCCCCCOC(=O)CCCCCCCCCCCCCCCCCC. The smallest absolute Gasteiger partial charge is 0.305 e. The topological polar surface area (TPSA) is 95.9 Å². The number of carbonyl (C=O) groups is 2. The number of nitrogens with one attached hydrogen (secondary N) is 1. The number of aliphatic hydroxyl groups excluding tert-OH is 2. The van der Waals surface area contributed by atoms with Crippen LogP contribution in [0.3, 0.4) is 0 Å². The Hall–Kier alpha value is -1.66. The first-order valence-corrected chi connectivity index (χ1v) is 33.6. The van der Waals surface area contributed by atoms with Crippen LogP contribution in [0.5, 0.6) is 0 Å². The van der Waals surface area contributed by atoms with Crippen LogP contribution in [0.15, 0.2) is 24.3 Å². The summed E-state index contributed by atoms with van der Waals surface area (Å²) >= 11 is 0. The van der Waals surface area contributed by atoms with Gasteiger partial charge < -0.3 is 20.3 Å². The minimum atomic E-state index is -0.846. The second kappa shape index (κ2) is 63.9. The Morgan fingerprint density at radius 3 is 0.959 bits per heavy atom. The maximum atomic E-state index is 12.5. The normalized spacial score (nSPS) is 12.6. The number of hydrogen-bond donors (Lipinski definition) is 3. The fourth-order valence-corrected chi connectivity index (χ4v) is 10.6. The number of esters is 1. The van der Waals surface area contributed by atoms with Crippen LogP contribution < -0.4 is 5.32 Å². The number of amides is 1. The Morgan fingerprint density at radius 1 is 0.365 bits per heavy atom. The van der Waals surface area contributed by atoms with Gasteiger partial charge in [0.2, 0.25) is 5.91 Å². The summed E-state index contributed by atoms with van der Waals surface area (Å²) in [5.74, 6) is -0.0516. The van der Waals surface area contributed by atoms with Crippen LogP contribution in [-0.2, 0) is 14.3 Å². The molecule has 0 bridgehead atoms. The van der Waals surface area contributed by atoms with Crippen LogP contribution in [0.1, 0.15) is 373 Å². The van der Waals surface area contributed by atoms with Crippen molar-refractivity contribution in [3.05, 3.63) is 24.3 Å². The van der Waals surface area contributed by atoms with Crippen LogP contribution in [0.25, 0.3) is 0 Å². The van der Waals surface area contributed by atoms with Gasteiger partial charge >= 0.3 is 5.97 Å². The zero-order valence-corrected chi connectivity index (χ0v) is 50.1. The van der Waals surface area contributed by atoms with Gasteiger partial charge in [-0.05, 0) is 57.8 Å². The van der Waals surface area contributed by atoms with E-state index < -0.39 is 12.1 Å². The van der Waals surface area contributed by atoms with E-state index in [4.69, 9.17) is 4.74 Å². The standard InChI is InChI=1S/C68H131NO5/c1-3-5-7-9-11-13-15-17-19-32-36-40-44-48-52-56-60-66(71)65(64-70)69-67(72)61-57-53-49-45-41-37-33-30-28-26-24-22-21-23-25-27-29-31-35-39-43-47-51-55-59-63-74-68(73)62-58-54-50-46-42-38-34-20-18-16-14-12-10-8-6-4-2/h22,24,56,60,65-66,70-71H,3-21,23,25-55,57-59,61-64H2,1-2H3,(H,69,72)/b24-22-,60-56+. The minimum Gasteiger partial charge on any atom is -0.466 e. The number of rotatable bonds is 63. The van der Waals surface area contributed by atoms with Crippen LogP contribution in [0, 0.1) is 0 Å². The van der Waals surface area contributed by atoms with E-state index >= 15 is 0 Å². The molecule has 1 amide bonds. The highest BCUT2D eigenvalue weighted by Gasteiger charge is 2.18. The van der Waals surface area contributed by atoms with Gasteiger partial charge in [0.25, 0.3) is 0 Å². The molecular formula is C68H131NO5. The molecule has 438 valence electrons. The maximum absolute atomic E-state index is 12.5. The van der Waals surface area contributed by atoms with E-state index in [-0.39, 0.29) is 18.5 Å². The van der Waals surface area contributed by atoms with Gasteiger partial charge in [-0.2, -0.15) is 0 Å². The Morgan fingerprint density at radius 2 is 0.635 bits per heavy atom. The first-order valence-electron chi connectivity index (χ1n) is 33.6. The summed E-state index contributed by atoms with van der Waals surface area (Å²) in [6, 6.07) is -0.630. The number of aliphatic hydroxyl groups is 2. The number of carbonyl (C=O) groups excluding carboxylic acids is 2. The summed E-state index contributed by atoms with van der Waals surface area (Å²) in [6.07, 6.45) is 79.5. The lowest BCUT2D eigenvalue weighted by molar-refractivity contribution is -0.143. The summed E-state index contributed by atoms with van der Waals surface area (Å²) < 4.78 is 5.50. The molecule has 0 aromatic heterocycles. The highest BCUT2D eigenvalue weighted by molar-refractivity contribution is 5.76. The molecule has 0 heterocycles. The van der Waals surface area contributed by atoms with Crippen molar-refractivity contribution in [1.29, 1.82) is 0 Å². The number of unbranched alkanes of at least 4 members (excludes halogenated alkanes) is 50. The van der Waals surface area contributed by atoms with Crippen molar-refractivity contribution < 1.29 is 24.5 Å². The number of hydrogen-bond acceptors (Lipinski definition) is 5. The molecule has 74 heavy (non-hydrogen) atoms. The van der Waals surface area contributed by atoms with Gasteiger partial charge in [-0.3, -0.25) is 9.59 Å². The van der Waals surface area contributed by atoms with E-state index in [2.05, 4.69) is 31.3 Å². The number of ether oxygens (including phenoxy) is 1. The summed E-state index contributed by atoms with van der Waals surface area (Å²) in [4.78, 5) is 24.6.